The number of fused-ring (bicyclic) bond motifs is 1. The van der Waals surface area contributed by atoms with Crippen LogP contribution < -0.4 is 0 Å². The van der Waals surface area contributed by atoms with Crippen LogP contribution in [0.1, 0.15) is 23.0 Å². The van der Waals surface area contributed by atoms with E-state index in [1.165, 1.54) is 13.8 Å². The standard InChI is InChI=1S/C11H9FO4/c1-4(13)8-5(2)16-11-6(8)3-7(14)10(15)9(11)12/h3,14-15H,1-2H3. The van der Waals surface area contributed by atoms with E-state index in [-0.39, 0.29) is 28.1 Å². The van der Waals surface area contributed by atoms with Crippen LogP contribution in [0.4, 0.5) is 4.39 Å². The predicted molar refractivity (Wildman–Crippen MR) is 54.2 cm³/mol. The fraction of sp³-hybridized carbons (Fsp3) is 0.182. The molecule has 0 atom stereocenters. The van der Waals surface area contributed by atoms with Crippen LogP contribution in [-0.4, -0.2) is 16.0 Å². The van der Waals surface area contributed by atoms with Gasteiger partial charge in [-0.1, -0.05) is 0 Å². The van der Waals surface area contributed by atoms with Crippen molar-refractivity contribution >= 4 is 16.8 Å². The smallest absolute Gasteiger partial charge is 0.211 e. The van der Waals surface area contributed by atoms with Gasteiger partial charge >= 0.3 is 0 Å². The molecule has 0 aliphatic rings. The molecular weight excluding hydrogens is 215 g/mol. The van der Waals surface area contributed by atoms with Crippen LogP contribution in [-0.2, 0) is 0 Å². The number of aryl methyl sites for hydroxylation is 1. The number of rotatable bonds is 1. The van der Waals surface area contributed by atoms with E-state index >= 15 is 0 Å². The second-order valence-corrected chi connectivity index (χ2v) is 3.52. The van der Waals surface area contributed by atoms with E-state index < -0.39 is 17.3 Å². The Morgan fingerprint density at radius 3 is 2.62 bits per heavy atom. The summed E-state index contributed by atoms with van der Waals surface area (Å²) in [6, 6.07) is 1.11. The van der Waals surface area contributed by atoms with Crippen molar-refractivity contribution in [3.05, 3.63) is 23.2 Å². The molecule has 0 unspecified atom stereocenters. The Balaban J connectivity index is 2.96. The van der Waals surface area contributed by atoms with E-state index in [2.05, 4.69) is 0 Å². The van der Waals surface area contributed by atoms with Crippen molar-refractivity contribution in [2.75, 3.05) is 0 Å². The van der Waals surface area contributed by atoms with Gasteiger partial charge in [0.25, 0.3) is 0 Å². The average Bonchev–Trinajstić information content (AvgIpc) is 2.51. The van der Waals surface area contributed by atoms with E-state index in [9.17, 15) is 19.4 Å². The fourth-order valence-electron chi connectivity index (χ4n) is 1.73. The third-order valence-corrected chi connectivity index (χ3v) is 2.40. The molecule has 0 aliphatic heterocycles. The highest BCUT2D eigenvalue weighted by Crippen LogP contribution is 2.38. The van der Waals surface area contributed by atoms with Crippen molar-refractivity contribution in [3.8, 4) is 11.5 Å². The van der Waals surface area contributed by atoms with Gasteiger partial charge in [-0.05, 0) is 19.9 Å². The van der Waals surface area contributed by atoms with E-state index in [4.69, 9.17) is 4.42 Å². The van der Waals surface area contributed by atoms with E-state index in [1.54, 1.807) is 0 Å². The maximum atomic E-state index is 13.5. The number of halogens is 1. The molecule has 0 saturated carbocycles. The Morgan fingerprint density at radius 2 is 2.06 bits per heavy atom. The number of carbonyl (C=O) groups is 1. The molecule has 0 saturated heterocycles. The number of ketones is 1. The fourth-order valence-corrected chi connectivity index (χ4v) is 1.73. The van der Waals surface area contributed by atoms with Gasteiger partial charge in [0.05, 0.1) is 5.56 Å². The number of phenolic OH excluding ortho intramolecular Hbond substituents is 2. The first-order valence-corrected chi connectivity index (χ1v) is 4.58. The van der Waals surface area contributed by atoms with Gasteiger partial charge in [-0.3, -0.25) is 4.79 Å². The summed E-state index contributed by atoms with van der Waals surface area (Å²) in [5.74, 6) is -2.60. The first-order valence-electron chi connectivity index (χ1n) is 4.58. The zero-order valence-electron chi connectivity index (χ0n) is 8.67. The lowest BCUT2D eigenvalue weighted by atomic mass is 10.1. The zero-order chi connectivity index (χ0) is 12.0. The van der Waals surface area contributed by atoms with E-state index in [0.29, 0.717) is 0 Å². The van der Waals surface area contributed by atoms with Crippen LogP contribution in [0.5, 0.6) is 11.5 Å². The predicted octanol–water partition coefficient (Wildman–Crippen LogP) is 2.49. The first kappa shape index (κ1) is 10.5. The summed E-state index contributed by atoms with van der Waals surface area (Å²) in [5.41, 5.74) is -0.0119. The highest BCUT2D eigenvalue weighted by Gasteiger charge is 2.22. The van der Waals surface area contributed by atoms with Crippen LogP contribution in [0.2, 0.25) is 0 Å². The monoisotopic (exact) mass is 224 g/mol. The van der Waals surface area contributed by atoms with Crippen molar-refractivity contribution in [1.29, 1.82) is 0 Å². The molecule has 4 nitrogen and oxygen atoms in total. The molecule has 0 bridgehead atoms. The van der Waals surface area contributed by atoms with Gasteiger partial charge in [-0.2, -0.15) is 4.39 Å². The summed E-state index contributed by atoms with van der Waals surface area (Å²) in [7, 11) is 0. The Hall–Kier alpha value is -2.04. The summed E-state index contributed by atoms with van der Waals surface area (Å²) in [6.45, 7) is 2.84. The molecule has 5 heteroatoms. The quantitative estimate of drug-likeness (QED) is 0.576. The molecule has 0 fully saturated rings. The number of Topliss-reactive ketones (excluding diaryl/α,β-unsaturated/α-hetero) is 1. The third kappa shape index (κ3) is 1.25. The zero-order valence-corrected chi connectivity index (χ0v) is 8.67. The third-order valence-electron chi connectivity index (χ3n) is 2.40. The first-order chi connectivity index (χ1) is 7.43. The lowest BCUT2D eigenvalue weighted by molar-refractivity contribution is 0.101. The van der Waals surface area contributed by atoms with Gasteiger partial charge in [0.15, 0.2) is 22.9 Å². The van der Waals surface area contributed by atoms with E-state index in [1.807, 2.05) is 0 Å². The number of furan rings is 1. The highest BCUT2D eigenvalue weighted by atomic mass is 19.1. The summed E-state index contributed by atoms with van der Waals surface area (Å²) in [5, 5.41) is 18.6. The maximum Gasteiger partial charge on any atom is 0.211 e. The second kappa shape index (κ2) is 3.23. The van der Waals surface area contributed by atoms with Crippen LogP contribution in [0.3, 0.4) is 0 Å². The molecule has 1 aromatic heterocycles. The normalized spacial score (nSPS) is 10.9. The van der Waals surface area contributed by atoms with Crippen LogP contribution in [0.15, 0.2) is 10.5 Å². The Kier molecular flexibility index (Phi) is 2.11. The lowest BCUT2D eigenvalue weighted by Crippen LogP contribution is -1.92. The Labute approximate surface area is 89.9 Å². The molecule has 84 valence electrons. The molecule has 16 heavy (non-hydrogen) atoms. The lowest BCUT2D eigenvalue weighted by Gasteiger charge is -1.99. The largest absolute Gasteiger partial charge is 0.504 e. The SMILES string of the molecule is CC(=O)c1c(C)oc2c(F)c(O)c(O)cc12. The van der Waals surface area contributed by atoms with Crippen LogP contribution in [0.25, 0.3) is 11.0 Å². The minimum Gasteiger partial charge on any atom is -0.504 e. The molecule has 2 rings (SSSR count). The number of phenols is 2. The van der Waals surface area contributed by atoms with Gasteiger partial charge in [0, 0.05) is 5.39 Å². The summed E-state index contributed by atoms with van der Waals surface area (Å²) in [6.07, 6.45) is 0. The Morgan fingerprint density at radius 1 is 1.44 bits per heavy atom. The minimum absolute atomic E-state index is 0.165. The number of carbonyl (C=O) groups excluding carboxylic acids is 1. The van der Waals surface area contributed by atoms with Gasteiger partial charge in [0.2, 0.25) is 5.82 Å². The number of hydrogen-bond donors (Lipinski definition) is 2. The van der Waals surface area contributed by atoms with Crippen LogP contribution >= 0.6 is 0 Å². The summed E-state index contributed by atoms with van der Waals surface area (Å²) < 4.78 is 18.6. The number of benzene rings is 1. The van der Waals surface area contributed by atoms with Crippen LogP contribution in [0, 0.1) is 12.7 Å². The van der Waals surface area contributed by atoms with E-state index in [0.717, 1.165) is 6.07 Å². The molecule has 2 N–H and O–H groups in total. The van der Waals surface area contributed by atoms with Gasteiger partial charge < -0.3 is 14.6 Å². The highest BCUT2D eigenvalue weighted by molar-refractivity contribution is 6.07. The summed E-state index contributed by atoms with van der Waals surface area (Å²) >= 11 is 0. The van der Waals surface area contributed by atoms with Crippen molar-refractivity contribution in [3.63, 3.8) is 0 Å². The van der Waals surface area contributed by atoms with Crippen molar-refractivity contribution in [2.45, 2.75) is 13.8 Å². The van der Waals surface area contributed by atoms with Crippen molar-refractivity contribution < 1.29 is 23.8 Å². The summed E-state index contributed by atoms with van der Waals surface area (Å²) in [4.78, 5) is 11.3. The van der Waals surface area contributed by atoms with Crippen molar-refractivity contribution in [2.24, 2.45) is 0 Å². The van der Waals surface area contributed by atoms with Gasteiger partial charge in [-0.25, -0.2) is 0 Å². The molecule has 0 amide bonds. The van der Waals surface area contributed by atoms with Crippen molar-refractivity contribution in [1.82, 2.24) is 0 Å². The average molecular weight is 224 g/mol. The molecule has 2 aromatic rings. The minimum atomic E-state index is -1.06. The van der Waals surface area contributed by atoms with Gasteiger partial charge in [-0.15, -0.1) is 0 Å². The molecule has 1 aromatic carbocycles. The Bertz CT molecular complexity index is 598. The van der Waals surface area contributed by atoms with Gasteiger partial charge in [0.1, 0.15) is 5.76 Å². The topological polar surface area (TPSA) is 70.7 Å². The molecular formula is C11H9FO4. The maximum absolute atomic E-state index is 13.5. The number of hydrogen-bond acceptors (Lipinski definition) is 4. The molecule has 0 radical (unpaired) electrons. The molecule has 0 aliphatic carbocycles. The molecule has 0 spiro atoms. The molecule has 1 heterocycles. The second-order valence-electron chi connectivity index (χ2n) is 3.52. The number of aromatic hydroxyl groups is 2.